The highest BCUT2D eigenvalue weighted by Gasteiger charge is 2.11. The molecule has 1 unspecified atom stereocenters. The van der Waals surface area contributed by atoms with Gasteiger partial charge in [-0.2, -0.15) is 0 Å². The van der Waals surface area contributed by atoms with Gasteiger partial charge in [-0.3, -0.25) is 0 Å². The molecule has 1 aromatic heterocycles. The molecule has 3 N–H and O–H groups in total. The van der Waals surface area contributed by atoms with Gasteiger partial charge in [-0.15, -0.1) is 10.2 Å². The molecule has 0 saturated carbocycles. The number of ether oxygens (including phenoxy) is 1. The molecule has 0 aromatic carbocycles. The molecule has 0 radical (unpaired) electrons. The Bertz CT molecular complexity index is 346. The van der Waals surface area contributed by atoms with Crippen LogP contribution >= 0.6 is 11.8 Å². The molecule has 104 valence electrons. The predicted octanol–water partition coefficient (Wildman–Crippen LogP) is 0.543. The van der Waals surface area contributed by atoms with Gasteiger partial charge in [0, 0.05) is 19.4 Å². The minimum absolute atomic E-state index is 0.368. The Labute approximate surface area is 112 Å². The van der Waals surface area contributed by atoms with Crippen LogP contribution in [0.3, 0.4) is 0 Å². The monoisotopic (exact) mass is 274 g/mol. The fourth-order valence-electron chi connectivity index (χ4n) is 1.33. The lowest BCUT2D eigenvalue weighted by Gasteiger charge is -2.10. The SMILES string of the molecule is CCCCOCC(O)CSc1nnc(CN)n1C. The largest absolute Gasteiger partial charge is 0.390 e. The second kappa shape index (κ2) is 8.47. The van der Waals surface area contributed by atoms with E-state index in [1.54, 1.807) is 0 Å². The van der Waals surface area contributed by atoms with E-state index in [9.17, 15) is 5.11 Å². The van der Waals surface area contributed by atoms with Crippen molar-refractivity contribution < 1.29 is 9.84 Å². The Morgan fingerprint density at radius 3 is 2.89 bits per heavy atom. The molecule has 1 atom stereocenters. The Hall–Kier alpha value is -0.630. The first-order valence-electron chi connectivity index (χ1n) is 6.16. The molecule has 6 nitrogen and oxygen atoms in total. The van der Waals surface area contributed by atoms with Gasteiger partial charge in [0.2, 0.25) is 0 Å². The van der Waals surface area contributed by atoms with Crippen molar-refractivity contribution in [2.24, 2.45) is 12.8 Å². The summed E-state index contributed by atoms with van der Waals surface area (Å²) in [6.45, 7) is 3.56. The third kappa shape index (κ3) is 4.93. The van der Waals surface area contributed by atoms with Crippen LogP contribution in [0.4, 0.5) is 0 Å². The number of thioether (sulfide) groups is 1. The molecule has 7 heteroatoms. The second-order valence-corrected chi connectivity index (χ2v) is 5.04. The normalized spacial score (nSPS) is 12.9. The Kier molecular flexibility index (Phi) is 7.26. The van der Waals surface area contributed by atoms with Crippen molar-refractivity contribution in [3.63, 3.8) is 0 Å². The fraction of sp³-hybridized carbons (Fsp3) is 0.818. The lowest BCUT2D eigenvalue weighted by molar-refractivity contribution is 0.0473. The minimum atomic E-state index is -0.482. The summed E-state index contributed by atoms with van der Waals surface area (Å²) < 4.78 is 7.20. The molecular formula is C11H22N4O2S. The molecule has 1 aromatic rings. The van der Waals surface area contributed by atoms with Crippen molar-refractivity contribution in [2.45, 2.75) is 37.6 Å². The minimum Gasteiger partial charge on any atom is -0.390 e. The van der Waals surface area contributed by atoms with Crippen LogP contribution in [0, 0.1) is 0 Å². The summed E-state index contributed by atoms with van der Waals surface area (Å²) in [6, 6.07) is 0. The quantitative estimate of drug-likeness (QED) is 0.505. The maximum atomic E-state index is 9.74. The van der Waals surface area contributed by atoms with E-state index in [2.05, 4.69) is 17.1 Å². The highest BCUT2D eigenvalue weighted by atomic mass is 32.2. The van der Waals surface area contributed by atoms with E-state index in [4.69, 9.17) is 10.5 Å². The van der Waals surface area contributed by atoms with E-state index in [1.807, 2.05) is 11.6 Å². The van der Waals surface area contributed by atoms with Crippen molar-refractivity contribution in [1.82, 2.24) is 14.8 Å². The molecule has 18 heavy (non-hydrogen) atoms. The maximum Gasteiger partial charge on any atom is 0.191 e. The van der Waals surface area contributed by atoms with Gasteiger partial charge in [-0.25, -0.2) is 0 Å². The van der Waals surface area contributed by atoms with Gasteiger partial charge in [0.15, 0.2) is 5.16 Å². The van der Waals surface area contributed by atoms with Crippen LogP contribution in [0.25, 0.3) is 0 Å². The number of aliphatic hydroxyl groups is 1. The first kappa shape index (κ1) is 15.4. The molecule has 0 bridgehead atoms. The van der Waals surface area contributed by atoms with Crippen molar-refractivity contribution >= 4 is 11.8 Å². The fourth-order valence-corrected chi connectivity index (χ4v) is 2.17. The molecule has 1 heterocycles. The summed E-state index contributed by atoms with van der Waals surface area (Å²) in [5.41, 5.74) is 5.51. The topological polar surface area (TPSA) is 86.2 Å². The molecule has 0 aliphatic rings. The van der Waals surface area contributed by atoms with Crippen molar-refractivity contribution in [3.8, 4) is 0 Å². The molecule has 0 saturated heterocycles. The number of rotatable bonds is 9. The van der Waals surface area contributed by atoms with Crippen molar-refractivity contribution in [2.75, 3.05) is 19.0 Å². The Morgan fingerprint density at radius 1 is 1.50 bits per heavy atom. The van der Waals surface area contributed by atoms with E-state index in [0.29, 0.717) is 25.5 Å². The number of nitrogens with zero attached hydrogens (tertiary/aromatic N) is 3. The van der Waals surface area contributed by atoms with E-state index in [-0.39, 0.29) is 0 Å². The number of aliphatic hydroxyl groups excluding tert-OH is 1. The van der Waals surface area contributed by atoms with Gasteiger partial charge in [0.05, 0.1) is 19.3 Å². The highest BCUT2D eigenvalue weighted by molar-refractivity contribution is 7.99. The number of hydrogen-bond donors (Lipinski definition) is 2. The molecule has 0 fully saturated rings. The summed E-state index contributed by atoms with van der Waals surface area (Å²) in [4.78, 5) is 0. The third-order valence-corrected chi connectivity index (χ3v) is 3.63. The first-order chi connectivity index (χ1) is 8.69. The number of hydrogen-bond acceptors (Lipinski definition) is 6. The standard InChI is InChI=1S/C11H22N4O2S/c1-3-4-5-17-7-9(16)8-18-11-14-13-10(6-12)15(11)2/h9,16H,3-8,12H2,1-2H3. The van der Waals surface area contributed by atoms with Crippen LogP contribution in [0.2, 0.25) is 0 Å². The summed E-state index contributed by atoms with van der Waals surface area (Å²) in [5.74, 6) is 1.29. The third-order valence-electron chi connectivity index (χ3n) is 2.46. The van der Waals surface area contributed by atoms with E-state index < -0.39 is 6.10 Å². The molecule has 1 rings (SSSR count). The van der Waals surface area contributed by atoms with Crippen LogP contribution in [0.1, 0.15) is 25.6 Å². The zero-order valence-corrected chi connectivity index (χ0v) is 11.8. The Morgan fingerprint density at radius 2 is 2.28 bits per heavy atom. The molecule has 0 spiro atoms. The lowest BCUT2D eigenvalue weighted by atomic mass is 10.3. The predicted molar refractivity (Wildman–Crippen MR) is 71.4 cm³/mol. The van der Waals surface area contributed by atoms with Gasteiger partial charge >= 0.3 is 0 Å². The van der Waals surface area contributed by atoms with Crippen molar-refractivity contribution in [1.29, 1.82) is 0 Å². The summed E-state index contributed by atoms with van der Waals surface area (Å²) in [6.07, 6.45) is 1.65. The highest BCUT2D eigenvalue weighted by Crippen LogP contribution is 2.16. The number of unbranched alkanes of at least 4 members (excludes halogenated alkanes) is 1. The van der Waals surface area contributed by atoms with E-state index >= 15 is 0 Å². The van der Waals surface area contributed by atoms with Crippen LogP contribution in [0.15, 0.2) is 5.16 Å². The smallest absolute Gasteiger partial charge is 0.191 e. The zero-order valence-electron chi connectivity index (χ0n) is 11.0. The average Bonchev–Trinajstić information content (AvgIpc) is 2.73. The lowest BCUT2D eigenvalue weighted by Crippen LogP contribution is -2.18. The van der Waals surface area contributed by atoms with Gasteiger partial charge < -0.3 is 20.1 Å². The van der Waals surface area contributed by atoms with Crippen molar-refractivity contribution in [3.05, 3.63) is 5.82 Å². The van der Waals surface area contributed by atoms with Crippen LogP contribution in [0.5, 0.6) is 0 Å². The van der Waals surface area contributed by atoms with E-state index in [0.717, 1.165) is 23.8 Å². The molecule has 0 aliphatic heterocycles. The van der Waals surface area contributed by atoms with E-state index in [1.165, 1.54) is 11.8 Å². The average molecular weight is 274 g/mol. The van der Waals surface area contributed by atoms with Crippen LogP contribution < -0.4 is 5.73 Å². The van der Waals surface area contributed by atoms with Gasteiger partial charge in [-0.1, -0.05) is 25.1 Å². The van der Waals surface area contributed by atoms with Crippen LogP contribution in [-0.4, -0.2) is 44.9 Å². The first-order valence-corrected chi connectivity index (χ1v) is 7.14. The zero-order chi connectivity index (χ0) is 13.4. The maximum absolute atomic E-state index is 9.74. The Balaban J connectivity index is 2.24. The molecular weight excluding hydrogens is 252 g/mol. The van der Waals surface area contributed by atoms with Gasteiger partial charge in [0.1, 0.15) is 5.82 Å². The summed E-state index contributed by atoms with van der Waals surface area (Å²) >= 11 is 1.46. The summed E-state index contributed by atoms with van der Waals surface area (Å²) in [7, 11) is 1.87. The number of aromatic nitrogens is 3. The van der Waals surface area contributed by atoms with Crippen LogP contribution in [-0.2, 0) is 18.3 Å². The molecule has 0 aliphatic carbocycles. The van der Waals surface area contributed by atoms with Gasteiger partial charge in [0.25, 0.3) is 0 Å². The van der Waals surface area contributed by atoms with Gasteiger partial charge in [-0.05, 0) is 6.42 Å². The summed E-state index contributed by atoms with van der Waals surface area (Å²) in [5, 5.41) is 18.5. The molecule has 0 amide bonds. The second-order valence-electron chi connectivity index (χ2n) is 4.06. The number of nitrogens with two attached hydrogens (primary N) is 1.